The van der Waals surface area contributed by atoms with Gasteiger partial charge in [0, 0.05) is 31.5 Å². The molecule has 128 valence electrons. The molecule has 1 aliphatic rings. The fraction of sp³-hybridized carbons (Fsp3) is 0.611. The van der Waals surface area contributed by atoms with Crippen LogP contribution in [-0.4, -0.2) is 48.3 Å². The van der Waals surface area contributed by atoms with Crippen LogP contribution in [0.3, 0.4) is 0 Å². The second kappa shape index (κ2) is 7.21. The minimum atomic E-state index is -0.901. The summed E-state index contributed by atoms with van der Waals surface area (Å²) in [5.41, 5.74) is 1.08. The summed E-state index contributed by atoms with van der Waals surface area (Å²) in [6, 6.07) is 7.77. The van der Waals surface area contributed by atoms with Gasteiger partial charge in [0.1, 0.15) is 0 Å². The van der Waals surface area contributed by atoms with Crippen molar-refractivity contribution >= 4 is 17.4 Å². The SMILES string of the molecule is CC1CCN(c2ccc(NC(=O)N(C)CC(C)(C)O)cc2)CC1. The maximum Gasteiger partial charge on any atom is 0.321 e. The van der Waals surface area contributed by atoms with Crippen molar-refractivity contribution < 1.29 is 9.90 Å². The Balaban J connectivity index is 1.91. The molecule has 1 heterocycles. The van der Waals surface area contributed by atoms with E-state index in [1.165, 1.54) is 23.4 Å². The van der Waals surface area contributed by atoms with Gasteiger partial charge in [-0.15, -0.1) is 0 Å². The maximum absolute atomic E-state index is 12.1. The van der Waals surface area contributed by atoms with E-state index in [1.54, 1.807) is 20.9 Å². The molecule has 1 saturated heterocycles. The lowest BCUT2D eigenvalue weighted by Gasteiger charge is -2.32. The van der Waals surface area contributed by atoms with Crippen molar-refractivity contribution in [3.8, 4) is 0 Å². The highest BCUT2D eigenvalue weighted by Gasteiger charge is 2.19. The van der Waals surface area contributed by atoms with Crippen LogP contribution in [0, 0.1) is 5.92 Å². The first kappa shape index (κ1) is 17.6. The molecule has 1 aromatic carbocycles. The van der Waals surface area contributed by atoms with Crippen molar-refractivity contribution in [1.82, 2.24) is 4.90 Å². The Morgan fingerprint density at radius 3 is 2.39 bits per heavy atom. The minimum Gasteiger partial charge on any atom is -0.389 e. The molecule has 2 rings (SSSR count). The Morgan fingerprint density at radius 1 is 1.30 bits per heavy atom. The zero-order chi connectivity index (χ0) is 17.0. The molecule has 0 saturated carbocycles. The number of nitrogens with one attached hydrogen (secondary N) is 1. The van der Waals surface area contributed by atoms with Crippen molar-refractivity contribution in [3.05, 3.63) is 24.3 Å². The van der Waals surface area contributed by atoms with Gasteiger partial charge >= 0.3 is 6.03 Å². The number of piperidine rings is 1. The topological polar surface area (TPSA) is 55.8 Å². The molecule has 1 fully saturated rings. The maximum atomic E-state index is 12.1. The van der Waals surface area contributed by atoms with E-state index < -0.39 is 5.60 Å². The van der Waals surface area contributed by atoms with Gasteiger partial charge in [-0.1, -0.05) is 6.92 Å². The number of hydrogen-bond acceptors (Lipinski definition) is 3. The Labute approximate surface area is 139 Å². The summed E-state index contributed by atoms with van der Waals surface area (Å²) in [6.45, 7) is 8.15. The molecule has 0 aliphatic carbocycles. The van der Waals surface area contributed by atoms with Crippen molar-refractivity contribution in [2.45, 2.75) is 39.2 Å². The Morgan fingerprint density at radius 2 is 1.87 bits per heavy atom. The molecule has 0 radical (unpaired) electrons. The van der Waals surface area contributed by atoms with E-state index in [9.17, 15) is 9.90 Å². The Hall–Kier alpha value is -1.75. The summed E-state index contributed by atoms with van der Waals surface area (Å²) in [7, 11) is 1.68. The van der Waals surface area contributed by atoms with E-state index in [1.807, 2.05) is 12.1 Å². The highest BCUT2D eigenvalue weighted by molar-refractivity contribution is 5.89. The summed E-state index contributed by atoms with van der Waals surface area (Å²) in [4.78, 5) is 16.0. The van der Waals surface area contributed by atoms with Gasteiger partial charge < -0.3 is 20.2 Å². The summed E-state index contributed by atoms with van der Waals surface area (Å²) in [5.74, 6) is 0.816. The van der Waals surface area contributed by atoms with Crippen molar-refractivity contribution in [1.29, 1.82) is 0 Å². The first-order chi connectivity index (χ1) is 10.7. The highest BCUT2D eigenvalue weighted by Crippen LogP contribution is 2.24. The van der Waals surface area contributed by atoms with Gasteiger partial charge in [0.05, 0.1) is 12.1 Å². The lowest BCUT2D eigenvalue weighted by Crippen LogP contribution is -2.41. The van der Waals surface area contributed by atoms with Crippen molar-refractivity contribution in [2.75, 3.05) is 36.9 Å². The van der Waals surface area contributed by atoms with Crippen LogP contribution in [-0.2, 0) is 0 Å². The average molecular weight is 319 g/mol. The van der Waals surface area contributed by atoms with Gasteiger partial charge in [0.25, 0.3) is 0 Å². The van der Waals surface area contributed by atoms with E-state index in [0.29, 0.717) is 0 Å². The molecular weight excluding hydrogens is 290 g/mol. The summed E-state index contributed by atoms with van der Waals surface area (Å²) < 4.78 is 0. The smallest absolute Gasteiger partial charge is 0.321 e. The zero-order valence-corrected chi connectivity index (χ0v) is 14.7. The number of likely N-dealkylation sites (N-methyl/N-ethyl adjacent to an activating group) is 1. The van der Waals surface area contributed by atoms with Gasteiger partial charge in [0.15, 0.2) is 0 Å². The zero-order valence-electron chi connectivity index (χ0n) is 14.7. The number of rotatable bonds is 4. The van der Waals surface area contributed by atoms with Gasteiger partial charge in [-0.05, 0) is 56.9 Å². The molecule has 0 bridgehead atoms. The van der Waals surface area contributed by atoms with E-state index in [4.69, 9.17) is 0 Å². The monoisotopic (exact) mass is 319 g/mol. The van der Waals surface area contributed by atoms with Gasteiger partial charge in [0.2, 0.25) is 0 Å². The van der Waals surface area contributed by atoms with Crippen LogP contribution < -0.4 is 10.2 Å². The van der Waals surface area contributed by atoms with Crippen LogP contribution >= 0.6 is 0 Å². The van der Waals surface area contributed by atoms with Gasteiger partial charge in [-0.25, -0.2) is 4.79 Å². The van der Waals surface area contributed by atoms with Crippen molar-refractivity contribution in [3.63, 3.8) is 0 Å². The largest absolute Gasteiger partial charge is 0.389 e. The summed E-state index contributed by atoms with van der Waals surface area (Å²) in [5, 5.41) is 12.6. The molecule has 2 N–H and O–H groups in total. The predicted molar refractivity (Wildman–Crippen MR) is 95.0 cm³/mol. The first-order valence-corrected chi connectivity index (χ1v) is 8.34. The Kier molecular flexibility index (Phi) is 5.52. The third-order valence-electron chi connectivity index (χ3n) is 4.24. The van der Waals surface area contributed by atoms with Gasteiger partial charge in [-0.2, -0.15) is 0 Å². The molecule has 2 amide bonds. The molecule has 5 nitrogen and oxygen atoms in total. The average Bonchev–Trinajstić information content (AvgIpc) is 2.47. The number of amides is 2. The molecular formula is C18H29N3O2. The first-order valence-electron chi connectivity index (χ1n) is 8.34. The molecule has 1 aromatic rings. The molecule has 23 heavy (non-hydrogen) atoms. The molecule has 0 aromatic heterocycles. The molecule has 1 aliphatic heterocycles. The van der Waals surface area contributed by atoms with Crippen LogP contribution in [0.25, 0.3) is 0 Å². The predicted octanol–water partition coefficient (Wildman–Crippen LogP) is 3.16. The lowest BCUT2D eigenvalue weighted by molar-refractivity contribution is 0.0550. The van der Waals surface area contributed by atoms with Crippen LogP contribution in [0.15, 0.2) is 24.3 Å². The third-order valence-corrected chi connectivity index (χ3v) is 4.24. The van der Waals surface area contributed by atoms with Gasteiger partial charge in [-0.3, -0.25) is 0 Å². The van der Waals surface area contributed by atoms with Crippen LogP contribution in [0.5, 0.6) is 0 Å². The quantitative estimate of drug-likeness (QED) is 0.896. The molecule has 0 unspecified atom stereocenters. The van der Waals surface area contributed by atoms with Crippen LogP contribution in [0.2, 0.25) is 0 Å². The number of carbonyl (C=O) groups excluding carboxylic acids is 1. The summed E-state index contributed by atoms with van der Waals surface area (Å²) >= 11 is 0. The normalized spacial score (nSPS) is 16.3. The van der Waals surface area contributed by atoms with Crippen LogP contribution in [0.1, 0.15) is 33.6 Å². The number of anilines is 2. The summed E-state index contributed by atoms with van der Waals surface area (Å²) in [6.07, 6.45) is 2.47. The fourth-order valence-corrected chi connectivity index (χ4v) is 2.89. The molecule has 5 heteroatoms. The highest BCUT2D eigenvalue weighted by atomic mass is 16.3. The number of aliphatic hydroxyl groups is 1. The standard InChI is InChI=1S/C18H29N3O2/c1-14-9-11-21(12-10-14)16-7-5-15(6-8-16)19-17(22)20(4)13-18(2,3)23/h5-8,14,23H,9-13H2,1-4H3,(H,19,22). The van der Waals surface area contributed by atoms with E-state index >= 15 is 0 Å². The number of hydrogen-bond donors (Lipinski definition) is 2. The molecule has 0 spiro atoms. The van der Waals surface area contributed by atoms with E-state index in [-0.39, 0.29) is 12.6 Å². The lowest BCUT2D eigenvalue weighted by atomic mass is 9.99. The number of nitrogens with zero attached hydrogens (tertiary/aromatic N) is 2. The fourth-order valence-electron chi connectivity index (χ4n) is 2.89. The third kappa shape index (κ3) is 5.43. The van der Waals surface area contributed by atoms with Crippen molar-refractivity contribution in [2.24, 2.45) is 5.92 Å². The minimum absolute atomic E-state index is 0.216. The number of benzene rings is 1. The van der Waals surface area contributed by atoms with E-state index in [2.05, 4.69) is 29.3 Å². The number of urea groups is 1. The van der Waals surface area contributed by atoms with Crippen LogP contribution in [0.4, 0.5) is 16.2 Å². The van der Waals surface area contributed by atoms with E-state index in [0.717, 1.165) is 24.7 Å². The Bertz CT molecular complexity index is 514. The number of carbonyl (C=O) groups is 1. The second-order valence-corrected chi connectivity index (χ2v) is 7.32. The molecule has 0 atom stereocenters. The second-order valence-electron chi connectivity index (χ2n) is 7.32.